The van der Waals surface area contributed by atoms with E-state index in [1.807, 2.05) is 6.07 Å². The van der Waals surface area contributed by atoms with Crippen molar-refractivity contribution in [3.05, 3.63) is 35.9 Å². The average molecular weight is 240 g/mol. The number of benzene rings is 1. The molecule has 0 heterocycles. The van der Waals surface area contributed by atoms with E-state index in [0.717, 1.165) is 0 Å². The summed E-state index contributed by atoms with van der Waals surface area (Å²) < 4.78 is 17.7. The molecule has 0 radical (unpaired) electrons. The first-order valence-electron chi connectivity index (χ1n) is 5.36. The minimum atomic E-state index is -3.24. The van der Waals surface area contributed by atoms with Crippen LogP contribution in [-0.2, 0) is 9.09 Å². The summed E-state index contributed by atoms with van der Waals surface area (Å²) in [6.45, 7) is 5.52. The lowest BCUT2D eigenvalue weighted by Gasteiger charge is -2.19. The Morgan fingerprint density at radius 3 is 2.31 bits per heavy atom. The van der Waals surface area contributed by atoms with Crippen LogP contribution in [0.2, 0.25) is 0 Å². The van der Waals surface area contributed by atoms with Gasteiger partial charge in [0.25, 0.3) is 7.37 Å². The Morgan fingerprint density at radius 2 is 1.88 bits per heavy atom. The van der Waals surface area contributed by atoms with E-state index in [0.29, 0.717) is 5.56 Å². The average Bonchev–Trinajstić information content (AvgIpc) is 2.29. The molecule has 0 saturated carbocycles. The maximum Gasteiger partial charge on any atom is 0.274 e. The molecule has 16 heavy (non-hydrogen) atoms. The van der Waals surface area contributed by atoms with Crippen molar-refractivity contribution < 1.29 is 13.9 Å². The fraction of sp³-hybridized carbons (Fsp3) is 0.417. The van der Waals surface area contributed by atoms with Gasteiger partial charge in [0.2, 0.25) is 5.52 Å². The lowest BCUT2D eigenvalue weighted by Crippen LogP contribution is -2.12. The monoisotopic (exact) mass is 240 g/mol. The Morgan fingerprint density at radius 1 is 1.31 bits per heavy atom. The quantitative estimate of drug-likeness (QED) is 0.739. The van der Waals surface area contributed by atoms with Gasteiger partial charge in [-0.3, -0.25) is 9.36 Å². The summed E-state index contributed by atoms with van der Waals surface area (Å²) >= 11 is 0. The van der Waals surface area contributed by atoms with Crippen molar-refractivity contribution >= 4 is 12.9 Å². The van der Waals surface area contributed by atoms with E-state index in [-0.39, 0.29) is 17.8 Å². The number of rotatable bonds is 5. The van der Waals surface area contributed by atoms with Crippen LogP contribution >= 0.6 is 7.37 Å². The molecule has 0 spiro atoms. The topological polar surface area (TPSA) is 43.4 Å². The van der Waals surface area contributed by atoms with Gasteiger partial charge in [-0.2, -0.15) is 0 Å². The molecule has 0 amide bonds. The molecule has 0 aliphatic rings. The van der Waals surface area contributed by atoms with Gasteiger partial charge in [0, 0.05) is 11.2 Å². The van der Waals surface area contributed by atoms with Crippen molar-refractivity contribution in [3.8, 4) is 0 Å². The van der Waals surface area contributed by atoms with Crippen molar-refractivity contribution in [1.82, 2.24) is 0 Å². The third kappa shape index (κ3) is 2.60. The minimum absolute atomic E-state index is 0.286. The Labute approximate surface area is 96.3 Å². The fourth-order valence-corrected chi connectivity index (χ4v) is 3.17. The molecule has 0 aromatic heterocycles. The smallest absolute Gasteiger partial charge is 0.274 e. The number of hydrogen-bond acceptors (Lipinski definition) is 3. The van der Waals surface area contributed by atoms with Gasteiger partial charge in [-0.05, 0) is 6.92 Å². The molecule has 3 nitrogen and oxygen atoms in total. The van der Waals surface area contributed by atoms with Crippen LogP contribution in [0.5, 0.6) is 0 Å². The molecular formula is C12H17O3P. The Hall–Kier alpha value is -0.920. The largest absolute Gasteiger partial charge is 0.323 e. The molecule has 0 saturated heterocycles. The molecule has 0 aliphatic heterocycles. The van der Waals surface area contributed by atoms with E-state index in [2.05, 4.69) is 0 Å². The molecule has 1 atom stereocenters. The Bertz CT molecular complexity index is 398. The second-order valence-electron chi connectivity index (χ2n) is 3.78. The van der Waals surface area contributed by atoms with Crippen molar-refractivity contribution in [2.45, 2.75) is 26.4 Å². The molecule has 1 unspecified atom stereocenters. The van der Waals surface area contributed by atoms with Gasteiger partial charge in [0.1, 0.15) is 0 Å². The highest BCUT2D eigenvalue weighted by Crippen LogP contribution is 2.54. The molecular weight excluding hydrogens is 223 g/mol. The van der Waals surface area contributed by atoms with Crippen LogP contribution in [0.3, 0.4) is 0 Å². The molecule has 1 aromatic rings. The van der Waals surface area contributed by atoms with Crippen LogP contribution in [0.1, 0.15) is 31.1 Å². The Kier molecular flexibility index (Phi) is 4.45. The second-order valence-corrected chi connectivity index (χ2v) is 6.67. The molecule has 88 valence electrons. The standard InChI is InChI=1S/C12H17O3P/c1-4-15-16(14,10(2)3)12(13)11-8-6-5-7-9-11/h5-10H,4H2,1-3H3. The first-order chi connectivity index (χ1) is 7.52. The van der Waals surface area contributed by atoms with Crippen LogP contribution in [-0.4, -0.2) is 17.8 Å². The SMILES string of the molecule is CCOP(=O)(C(=O)c1ccccc1)C(C)C. The van der Waals surface area contributed by atoms with Crippen LogP contribution in [0.25, 0.3) is 0 Å². The highest BCUT2D eigenvalue weighted by atomic mass is 31.2. The summed E-state index contributed by atoms with van der Waals surface area (Å²) in [5.74, 6) is 0. The number of carbonyl (C=O) groups is 1. The molecule has 0 bridgehead atoms. The predicted octanol–water partition coefficient (Wildman–Crippen LogP) is 3.55. The third-order valence-electron chi connectivity index (χ3n) is 2.30. The van der Waals surface area contributed by atoms with Crippen molar-refractivity contribution in [1.29, 1.82) is 0 Å². The fourth-order valence-electron chi connectivity index (χ4n) is 1.39. The van der Waals surface area contributed by atoms with E-state index < -0.39 is 7.37 Å². The van der Waals surface area contributed by atoms with Gasteiger partial charge in [0.15, 0.2) is 0 Å². The zero-order valence-electron chi connectivity index (χ0n) is 9.84. The van der Waals surface area contributed by atoms with Gasteiger partial charge in [-0.15, -0.1) is 0 Å². The van der Waals surface area contributed by atoms with Gasteiger partial charge >= 0.3 is 0 Å². The normalized spacial score (nSPS) is 14.8. The lowest BCUT2D eigenvalue weighted by atomic mass is 10.2. The highest BCUT2D eigenvalue weighted by Gasteiger charge is 2.36. The van der Waals surface area contributed by atoms with Crippen LogP contribution in [0, 0.1) is 0 Å². The summed E-state index contributed by atoms with van der Waals surface area (Å²) in [5, 5.41) is 0. The number of hydrogen-bond donors (Lipinski definition) is 0. The number of carbonyl (C=O) groups excluding carboxylic acids is 1. The summed E-state index contributed by atoms with van der Waals surface area (Å²) in [6, 6.07) is 8.65. The molecule has 0 aliphatic carbocycles. The lowest BCUT2D eigenvalue weighted by molar-refractivity contribution is 0.105. The second kappa shape index (κ2) is 5.42. The van der Waals surface area contributed by atoms with Crippen LogP contribution < -0.4 is 0 Å². The van der Waals surface area contributed by atoms with Gasteiger partial charge in [-0.25, -0.2) is 0 Å². The van der Waals surface area contributed by atoms with E-state index in [1.165, 1.54) is 0 Å². The van der Waals surface area contributed by atoms with Crippen molar-refractivity contribution in [2.24, 2.45) is 0 Å². The van der Waals surface area contributed by atoms with E-state index in [1.54, 1.807) is 45.0 Å². The maximum atomic E-state index is 12.4. The zero-order valence-corrected chi connectivity index (χ0v) is 10.7. The molecule has 0 N–H and O–H groups in total. The van der Waals surface area contributed by atoms with Crippen molar-refractivity contribution in [3.63, 3.8) is 0 Å². The predicted molar refractivity (Wildman–Crippen MR) is 65.1 cm³/mol. The molecule has 1 rings (SSSR count). The molecule has 0 fully saturated rings. The molecule has 1 aromatic carbocycles. The first kappa shape index (κ1) is 13.1. The van der Waals surface area contributed by atoms with E-state index >= 15 is 0 Å². The first-order valence-corrected chi connectivity index (χ1v) is 7.06. The molecule has 4 heteroatoms. The maximum absolute atomic E-state index is 12.4. The summed E-state index contributed by atoms with van der Waals surface area (Å²) in [6.07, 6.45) is 0. The van der Waals surface area contributed by atoms with Gasteiger partial charge < -0.3 is 4.52 Å². The summed E-state index contributed by atoms with van der Waals surface area (Å²) in [7, 11) is -3.24. The third-order valence-corrected chi connectivity index (χ3v) is 5.13. The van der Waals surface area contributed by atoms with Crippen molar-refractivity contribution in [2.75, 3.05) is 6.61 Å². The van der Waals surface area contributed by atoms with E-state index in [9.17, 15) is 9.36 Å². The van der Waals surface area contributed by atoms with Crippen LogP contribution in [0.15, 0.2) is 30.3 Å². The van der Waals surface area contributed by atoms with Crippen LogP contribution in [0.4, 0.5) is 0 Å². The van der Waals surface area contributed by atoms with Gasteiger partial charge in [-0.1, -0.05) is 44.2 Å². The van der Waals surface area contributed by atoms with E-state index in [4.69, 9.17) is 4.52 Å². The summed E-state index contributed by atoms with van der Waals surface area (Å²) in [4.78, 5) is 12.1. The van der Waals surface area contributed by atoms with Gasteiger partial charge in [0.05, 0.1) is 6.61 Å². The zero-order chi connectivity index (χ0) is 12.2. The Balaban J connectivity index is 3.07. The minimum Gasteiger partial charge on any atom is -0.323 e. The highest BCUT2D eigenvalue weighted by molar-refractivity contribution is 7.77. The summed E-state index contributed by atoms with van der Waals surface area (Å²) in [5.41, 5.74) is -0.224.